The third-order valence-corrected chi connectivity index (χ3v) is 4.67. The summed E-state index contributed by atoms with van der Waals surface area (Å²) >= 11 is 0. The molecule has 0 aromatic carbocycles. The fourth-order valence-electron chi connectivity index (χ4n) is 3.24. The fraction of sp³-hybridized carbons (Fsp3) is 0.941. The summed E-state index contributed by atoms with van der Waals surface area (Å²) in [5.74, 6) is 0. The van der Waals surface area contributed by atoms with Crippen molar-refractivity contribution in [3.63, 3.8) is 0 Å². The maximum absolute atomic E-state index is 12.2. The molecule has 0 unspecified atom stereocenters. The molecule has 2 saturated heterocycles. The van der Waals surface area contributed by atoms with Crippen molar-refractivity contribution in [1.29, 1.82) is 0 Å². The van der Waals surface area contributed by atoms with Gasteiger partial charge in [0.25, 0.3) is 0 Å². The van der Waals surface area contributed by atoms with Crippen molar-refractivity contribution in [2.75, 3.05) is 53.0 Å². The molecule has 6 heteroatoms. The van der Waals surface area contributed by atoms with Crippen LogP contribution in [0.1, 0.15) is 34.1 Å². The highest BCUT2D eigenvalue weighted by molar-refractivity contribution is 5.68. The van der Waals surface area contributed by atoms with Gasteiger partial charge in [-0.25, -0.2) is 4.79 Å². The van der Waals surface area contributed by atoms with Crippen molar-refractivity contribution in [2.45, 2.75) is 51.8 Å². The molecule has 1 amide bonds. The van der Waals surface area contributed by atoms with Crippen molar-refractivity contribution in [3.8, 4) is 0 Å². The Labute approximate surface area is 140 Å². The summed E-state index contributed by atoms with van der Waals surface area (Å²) < 4.78 is 10.9. The van der Waals surface area contributed by atoms with Crippen molar-refractivity contribution in [2.24, 2.45) is 0 Å². The van der Waals surface area contributed by atoms with E-state index in [0.717, 1.165) is 52.4 Å². The number of likely N-dealkylation sites (tertiary alicyclic amines) is 1. The van der Waals surface area contributed by atoms with Crippen LogP contribution in [0, 0.1) is 0 Å². The summed E-state index contributed by atoms with van der Waals surface area (Å²) in [6.07, 6.45) is 0.800. The third-order valence-electron chi connectivity index (χ3n) is 4.67. The number of likely N-dealkylation sites (N-methyl/N-ethyl adjacent to an activating group) is 1. The second-order valence-corrected chi connectivity index (χ2v) is 7.79. The van der Waals surface area contributed by atoms with Crippen LogP contribution in [0.3, 0.4) is 0 Å². The number of ether oxygens (including phenoxy) is 2. The van der Waals surface area contributed by atoms with Crippen LogP contribution in [0.5, 0.6) is 0 Å². The van der Waals surface area contributed by atoms with Crippen LogP contribution in [0.4, 0.5) is 4.79 Å². The Bertz CT molecular complexity index is 391. The number of hydrogen-bond donors (Lipinski definition) is 0. The van der Waals surface area contributed by atoms with E-state index in [9.17, 15) is 4.79 Å². The van der Waals surface area contributed by atoms with Crippen LogP contribution in [0.15, 0.2) is 0 Å². The second kappa shape index (κ2) is 7.81. The molecule has 6 nitrogen and oxygen atoms in total. The van der Waals surface area contributed by atoms with E-state index in [0.29, 0.717) is 6.04 Å². The van der Waals surface area contributed by atoms with E-state index in [1.807, 2.05) is 27.8 Å². The van der Waals surface area contributed by atoms with Gasteiger partial charge in [-0.05, 0) is 34.1 Å². The lowest BCUT2D eigenvalue weighted by Crippen LogP contribution is -2.47. The summed E-state index contributed by atoms with van der Waals surface area (Å²) in [6, 6.07) is 0.752. The molecule has 0 bridgehead atoms. The van der Waals surface area contributed by atoms with Gasteiger partial charge in [0.1, 0.15) is 5.60 Å². The molecule has 2 atom stereocenters. The van der Waals surface area contributed by atoms with Gasteiger partial charge in [0, 0.05) is 51.9 Å². The second-order valence-electron chi connectivity index (χ2n) is 7.79. The minimum Gasteiger partial charge on any atom is -0.444 e. The SMILES string of the molecule is C[C@@H](CN1CCOCC1)N1CC[C@@H](N(C)C(=O)OC(C)(C)C)C1. The van der Waals surface area contributed by atoms with E-state index >= 15 is 0 Å². The van der Waals surface area contributed by atoms with E-state index in [1.54, 1.807) is 4.90 Å². The molecular formula is C17H33N3O3. The summed E-state index contributed by atoms with van der Waals surface area (Å²) in [4.78, 5) is 18.9. The molecule has 2 aliphatic heterocycles. The molecule has 0 aliphatic carbocycles. The van der Waals surface area contributed by atoms with Crippen molar-refractivity contribution in [3.05, 3.63) is 0 Å². The quantitative estimate of drug-likeness (QED) is 0.786. The van der Waals surface area contributed by atoms with Crippen LogP contribution >= 0.6 is 0 Å². The molecule has 0 aromatic heterocycles. The standard InChI is InChI=1S/C17H33N3O3/c1-14(12-19-8-10-22-11-9-19)20-7-6-15(13-20)18(5)16(21)23-17(2,3)4/h14-15H,6-13H2,1-5H3/t14-,15+/m0/s1. The highest BCUT2D eigenvalue weighted by atomic mass is 16.6. The maximum Gasteiger partial charge on any atom is 0.410 e. The maximum atomic E-state index is 12.2. The van der Waals surface area contributed by atoms with Gasteiger partial charge in [0.15, 0.2) is 0 Å². The first-order valence-corrected chi connectivity index (χ1v) is 8.76. The number of morpholine rings is 1. The number of amides is 1. The lowest BCUT2D eigenvalue weighted by atomic mass is 10.2. The molecule has 0 saturated carbocycles. The lowest BCUT2D eigenvalue weighted by Gasteiger charge is -2.33. The highest BCUT2D eigenvalue weighted by Crippen LogP contribution is 2.20. The van der Waals surface area contributed by atoms with Gasteiger partial charge in [-0.15, -0.1) is 0 Å². The third kappa shape index (κ3) is 5.62. The van der Waals surface area contributed by atoms with Crippen molar-refractivity contribution in [1.82, 2.24) is 14.7 Å². The predicted molar refractivity (Wildman–Crippen MR) is 90.7 cm³/mol. The van der Waals surface area contributed by atoms with Crippen molar-refractivity contribution >= 4 is 6.09 Å². The number of carbonyl (C=O) groups is 1. The van der Waals surface area contributed by atoms with Gasteiger partial charge in [0.2, 0.25) is 0 Å². The Kier molecular flexibility index (Phi) is 6.28. The topological polar surface area (TPSA) is 45.2 Å². The molecule has 23 heavy (non-hydrogen) atoms. The Morgan fingerprint density at radius 2 is 1.96 bits per heavy atom. The van der Waals surface area contributed by atoms with Crippen LogP contribution in [0.2, 0.25) is 0 Å². The Hall–Kier alpha value is -0.850. The average molecular weight is 327 g/mol. The zero-order valence-corrected chi connectivity index (χ0v) is 15.4. The Morgan fingerprint density at radius 3 is 2.57 bits per heavy atom. The molecule has 134 valence electrons. The summed E-state index contributed by atoms with van der Waals surface area (Å²) in [6.45, 7) is 14.8. The Balaban J connectivity index is 1.79. The number of hydrogen-bond acceptors (Lipinski definition) is 5. The molecular weight excluding hydrogens is 294 g/mol. The van der Waals surface area contributed by atoms with Crippen LogP contribution in [0.25, 0.3) is 0 Å². The summed E-state index contributed by atoms with van der Waals surface area (Å²) in [7, 11) is 1.86. The van der Waals surface area contributed by atoms with Crippen LogP contribution < -0.4 is 0 Å². The monoisotopic (exact) mass is 327 g/mol. The lowest BCUT2D eigenvalue weighted by molar-refractivity contribution is 0.0194. The minimum absolute atomic E-state index is 0.217. The largest absolute Gasteiger partial charge is 0.444 e. The van der Waals surface area contributed by atoms with Gasteiger partial charge >= 0.3 is 6.09 Å². The summed E-state index contributed by atoms with van der Waals surface area (Å²) in [5, 5.41) is 0. The molecule has 0 radical (unpaired) electrons. The van der Waals surface area contributed by atoms with Gasteiger partial charge in [0.05, 0.1) is 13.2 Å². The zero-order valence-electron chi connectivity index (χ0n) is 15.4. The predicted octanol–water partition coefficient (Wildman–Crippen LogP) is 1.65. The van der Waals surface area contributed by atoms with E-state index in [4.69, 9.17) is 9.47 Å². The molecule has 2 rings (SSSR count). The minimum atomic E-state index is -0.437. The molecule has 0 N–H and O–H groups in total. The Morgan fingerprint density at radius 1 is 1.30 bits per heavy atom. The first kappa shape index (κ1) is 18.5. The molecule has 0 aromatic rings. The molecule has 2 heterocycles. The summed E-state index contributed by atoms with van der Waals surface area (Å²) in [5.41, 5.74) is -0.437. The van der Waals surface area contributed by atoms with Gasteiger partial charge in [-0.1, -0.05) is 0 Å². The molecule has 2 fully saturated rings. The number of carbonyl (C=O) groups excluding carboxylic acids is 1. The first-order valence-electron chi connectivity index (χ1n) is 8.76. The highest BCUT2D eigenvalue weighted by Gasteiger charge is 2.33. The van der Waals surface area contributed by atoms with Gasteiger partial charge in [-0.2, -0.15) is 0 Å². The average Bonchev–Trinajstić information content (AvgIpc) is 2.95. The number of rotatable bonds is 4. The van der Waals surface area contributed by atoms with E-state index < -0.39 is 5.60 Å². The van der Waals surface area contributed by atoms with Crippen LogP contribution in [-0.2, 0) is 9.47 Å². The fourth-order valence-corrected chi connectivity index (χ4v) is 3.24. The van der Waals surface area contributed by atoms with E-state index in [2.05, 4.69) is 16.7 Å². The molecule has 2 aliphatic rings. The number of nitrogens with zero attached hydrogens (tertiary/aromatic N) is 3. The zero-order chi connectivity index (χ0) is 17.0. The van der Waals surface area contributed by atoms with E-state index in [1.165, 1.54) is 0 Å². The molecule has 0 spiro atoms. The normalized spacial score (nSPS) is 25.3. The first-order chi connectivity index (χ1) is 10.8. The van der Waals surface area contributed by atoms with E-state index in [-0.39, 0.29) is 12.1 Å². The smallest absolute Gasteiger partial charge is 0.410 e. The van der Waals surface area contributed by atoms with Crippen LogP contribution in [-0.4, -0.2) is 91.5 Å². The van der Waals surface area contributed by atoms with Gasteiger partial charge < -0.3 is 14.4 Å². The van der Waals surface area contributed by atoms with Crippen molar-refractivity contribution < 1.29 is 14.3 Å². The van der Waals surface area contributed by atoms with Gasteiger partial charge in [-0.3, -0.25) is 9.80 Å².